The van der Waals surface area contributed by atoms with Crippen LogP contribution >= 0.6 is 11.6 Å². The van der Waals surface area contributed by atoms with Crippen molar-refractivity contribution < 1.29 is 9.53 Å². The molecule has 0 aromatic heterocycles. The molecule has 0 unspecified atom stereocenters. The second kappa shape index (κ2) is 5.02. The largest absolute Gasteiger partial charge is 0.496 e. The van der Waals surface area contributed by atoms with Gasteiger partial charge in [-0.15, -0.1) is 0 Å². The van der Waals surface area contributed by atoms with Crippen LogP contribution in [0.15, 0.2) is 42.5 Å². The third-order valence-electron chi connectivity index (χ3n) is 2.51. The van der Waals surface area contributed by atoms with Gasteiger partial charge in [-0.05, 0) is 35.4 Å². The molecule has 0 amide bonds. The van der Waals surface area contributed by atoms with Crippen LogP contribution in [0.3, 0.4) is 0 Å². The molecule has 0 aliphatic heterocycles. The van der Waals surface area contributed by atoms with E-state index in [-0.39, 0.29) is 0 Å². The summed E-state index contributed by atoms with van der Waals surface area (Å²) in [6, 6.07) is 13.0. The van der Waals surface area contributed by atoms with Crippen molar-refractivity contribution in [3.63, 3.8) is 0 Å². The predicted molar refractivity (Wildman–Crippen MR) is 68.8 cm³/mol. The lowest BCUT2D eigenvalue weighted by molar-refractivity contribution is 0.112. The van der Waals surface area contributed by atoms with Gasteiger partial charge in [0, 0.05) is 5.02 Å². The van der Waals surface area contributed by atoms with Crippen molar-refractivity contribution in [3.8, 4) is 16.9 Å². The SMILES string of the molecule is COc1ccc(-c2cccc(Cl)c2)cc1C=O. The zero-order valence-electron chi connectivity index (χ0n) is 9.31. The number of rotatable bonds is 3. The molecule has 0 aliphatic rings. The number of ether oxygens (including phenoxy) is 1. The lowest BCUT2D eigenvalue weighted by Gasteiger charge is -2.07. The number of hydrogen-bond acceptors (Lipinski definition) is 2. The van der Waals surface area contributed by atoms with Gasteiger partial charge in [-0.25, -0.2) is 0 Å². The van der Waals surface area contributed by atoms with Crippen LogP contribution in [0.5, 0.6) is 5.75 Å². The van der Waals surface area contributed by atoms with Crippen LogP contribution in [0.25, 0.3) is 11.1 Å². The molecule has 2 aromatic carbocycles. The van der Waals surface area contributed by atoms with Crippen molar-refractivity contribution in [2.75, 3.05) is 7.11 Å². The summed E-state index contributed by atoms with van der Waals surface area (Å²) in [6.07, 6.45) is 0.785. The summed E-state index contributed by atoms with van der Waals surface area (Å²) in [4.78, 5) is 10.9. The molecule has 0 aliphatic carbocycles. The molecule has 0 atom stereocenters. The number of carbonyl (C=O) groups is 1. The lowest BCUT2D eigenvalue weighted by atomic mass is 10.0. The van der Waals surface area contributed by atoms with Gasteiger partial charge < -0.3 is 4.74 Å². The van der Waals surface area contributed by atoms with Crippen LogP contribution in [0.4, 0.5) is 0 Å². The molecule has 0 saturated carbocycles. The Balaban J connectivity index is 2.50. The zero-order valence-corrected chi connectivity index (χ0v) is 10.1. The molecule has 0 spiro atoms. The van der Waals surface area contributed by atoms with E-state index < -0.39 is 0 Å². The first kappa shape index (κ1) is 11.7. The Morgan fingerprint density at radius 2 is 1.88 bits per heavy atom. The van der Waals surface area contributed by atoms with Gasteiger partial charge >= 0.3 is 0 Å². The summed E-state index contributed by atoms with van der Waals surface area (Å²) in [7, 11) is 1.54. The minimum atomic E-state index is 0.532. The molecule has 2 nitrogen and oxygen atoms in total. The summed E-state index contributed by atoms with van der Waals surface area (Å²) >= 11 is 5.93. The minimum Gasteiger partial charge on any atom is -0.496 e. The fraction of sp³-hybridized carbons (Fsp3) is 0.0714. The van der Waals surface area contributed by atoms with Crippen molar-refractivity contribution in [2.24, 2.45) is 0 Å². The molecule has 0 N–H and O–H groups in total. The first-order chi connectivity index (χ1) is 8.24. The first-order valence-corrected chi connectivity index (χ1v) is 5.51. The van der Waals surface area contributed by atoms with Gasteiger partial charge in [0.1, 0.15) is 5.75 Å². The molecule has 0 radical (unpaired) electrons. The first-order valence-electron chi connectivity index (χ1n) is 5.14. The number of benzene rings is 2. The van der Waals surface area contributed by atoms with Crippen molar-refractivity contribution in [1.29, 1.82) is 0 Å². The van der Waals surface area contributed by atoms with Gasteiger partial charge in [-0.2, -0.15) is 0 Å². The number of methoxy groups -OCH3 is 1. The third kappa shape index (κ3) is 2.48. The summed E-state index contributed by atoms with van der Waals surface area (Å²) in [5.74, 6) is 0.575. The molecule has 0 bridgehead atoms. The topological polar surface area (TPSA) is 26.3 Å². The molecule has 2 rings (SSSR count). The smallest absolute Gasteiger partial charge is 0.153 e. The fourth-order valence-corrected chi connectivity index (χ4v) is 1.86. The average Bonchev–Trinajstić information content (AvgIpc) is 2.38. The molecular weight excluding hydrogens is 236 g/mol. The molecule has 86 valence electrons. The van der Waals surface area contributed by atoms with Crippen molar-refractivity contribution in [3.05, 3.63) is 53.1 Å². The van der Waals surface area contributed by atoms with E-state index >= 15 is 0 Å². The van der Waals surface area contributed by atoms with E-state index in [1.807, 2.05) is 30.3 Å². The van der Waals surface area contributed by atoms with Gasteiger partial charge in [0.05, 0.1) is 12.7 Å². The Kier molecular flexibility index (Phi) is 3.45. The third-order valence-corrected chi connectivity index (χ3v) is 2.75. The van der Waals surface area contributed by atoms with E-state index in [9.17, 15) is 4.79 Å². The summed E-state index contributed by atoms with van der Waals surface area (Å²) in [6.45, 7) is 0. The zero-order chi connectivity index (χ0) is 12.3. The Morgan fingerprint density at radius 3 is 2.53 bits per heavy atom. The average molecular weight is 247 g/mol. The second-order valence-corrected chi connectivity index (χ2v) is 4.02. The number of aldehydes is 1. The summed E-state index contributed by atoms with van der Waals surface area (Å²) < 4.78 is 5.09. The van der Waals surface area contributed by atoms with Crippen LogP contribution in [0.1, 0.15) is 10.4 Å². The van der Waals surface area contributed by atoms with E-state index in [0.717, 1.165) is 17.4 Å². The van der Waals surface area contributed by atoms with Gasteiger partial charge in [0.15, 0.2) is 6.29 Å². The maximum Gasteiger partial charge on any atom is 0.153 e. The minimum absolute atomic E-state index is 0.532. The normalized spacial score (nSPS) is 10.0. The van der Waals surface area contributed by atoms with Crippen LogP contribution in [-0.2, 0) is 0 Å². The second-order valence-electron chi connectivity index (χ2n) is 3.58. The maximum atomic E-state index is 10.9. The van der Waals surface area contributed by atoms with E-state index in [2.05, 4.69) is 0 Å². The van der Waals surface area contributed by atoms with Gasteiger partial charge in [0.25, 0.3) is 0 Å². The number of halogens is 1. The summed E-state index contributed by atoms with van der Waals surface area (Å²) in [5.41, 5.74) is 2.45. The van der Waals surface area contributed by atoms with Crippen LogP contribution in [0, 0.1) is 0 Å². The van der Waals surface area contributed by atoms with Gasteiger partial charge in [-0.3, -0.25) is 4.79 Å². The number of carbonyl (C=O) groups excluding carboxylic acids is 1. The Morgan fingerprint density at radius 1 is 1.12 bits per heavy atom. The Bertz CT molecular complexity index is 550. The number of hydrogen-bond donors (Lipinski definition) is 0. The van der Waals surface area contributed by atoms with Gasteiger partial charge in [0.2, 0.25) is 0 Å². The quantitative estimate of drug-likeness (QED) is 0.770. The molecule has 0 fully saturated rings. The molecular formula is C14H11ClO2. The molecule has 0 saturated heterocycles. The van der Waals surface area contributed by atoms with Crippen molar-refractivity contribution in [1.82, 2.24) is 0 Å². The van der Waals surface area contributed by atoms with Crippen molar-refractivity contribution >= 4 is 17.9 Å². The molecule has 2 aromatic rings. The van der Waals surface area contributed by atoms with E-state index in [0.29, 0.717) is 16.3 Å². The predicted octanol–water partition coefficient (Wildman–Crippen LogP) is 3.83. The molecule has 3 heteroatoms. The van der Waals surface area contributed by atoms with E-state index in [1.165, 1.54) is 0 Å². The van der Waals surface area contributed by atoms with E-state index in [1.54, 1.807) is 19.2 Å². The van der Waals surface area contributed by atoms with E-state index in [4.69, 9.17) is 16.3 Å². The van der Waals surface area contributed by atoms with Gasteiger partial charge in [-0.1, -0.05) is 29.8 Å². The van der Waals surface area contributed by atoms with Crippen LogP contribution in [-0.4, -0.2) is 13.4 Å². The lowest BCUT2D eigenvalue weighted by Crippen LogP contribution is -1.91. The molecule has 17 heavy (non-hydrogen) atoms. The van der Waals surface area contributed by atoms with Crippen LogP contribution in [0.2, 0.25) is 5.02 Å². The van der Waals surface area contributed by atoms with Crippen molar-refractivity contribution in [2.45, 2.75) is 0 Å². The Labute approximate surface area is 105 Å². The monoisotopic (exact) mass is 246 g/mol. The summed E-state index contributed by atoms with van der Waals surface area (Å²) in [5, 5.41) is 0.672. The highest BCUT2D eigenvalue weighted by atomic mass is 35.5. The standard InChI is InChI=1S/C14H11ClO2/c1-17-14-6-5-11(7-12(14)9-16)10-3-2-4-13(15)8-10/h2-9H,1H3. The Hall–Kier alpha value is -1.80. The maximum absolute atomic E-state index is 10.9. The highest BCUT2D eigenvalue weighted by molar-refractivity contribution is 6.30. The molecule has 0 heterocycles. The highest BCUT2D eigenvalue weighted by Gasteiger charge is 2.05. The van der Waals surface area contributed by atoms with Crippen LogP contribution < -0.4 is 4.74 Å². The fourth-order valence-electron chi connectivity index (χ4n) is 1.67. The highest BCUT2D eigenvalue weighted by Crippen LogP contribution is 2.27.